The van der Waals surface area contributed by atoms with E-state index < -0.39 is 128 Å². The van der Waals surface area contributed by atoms with Crippen LogP contribution in [0.15, 0.2) is 85.1 Å². The van der Waals surface area contributed by atoms with Crippen LogP contribution in [0.25, 0.3) is 0 Å². The average Bonchev–Trinajstić information content (AvgIpc) is 3.22. The zero-order valence-electron chi connectivity index (χ0n) is 37.8. The van der Waals surface area contributed by atoms with Crippen molar-refractivity contribution < 1.29 is 74.5 Å². The molecule has 64 heavy (non-hydrogen) atoms. The van der Waals surface area contributed by atoms with Crippen molar-refractivity contribution in [3.05, 3.63) is 85.1 Å². The summed E-state index contributed by atoms with van der Waals surface area (Å²) in [6, 6.07) is -0.957. The van der Waals surface area contributed by atoms with Crippen LogP contribution in [0.3, 0.4) is 0 Å². The monoisotopic (exact) mass is 906 g/mol. The van der Waals surface area contributed by atoms with Gasteiger partial charge < -0.3 is 70.6 Å². The molecule has 11 N–H and O–H groups in total. The first kappa shape index (κ1) is 55.1. The van der Waals surface area contributed by atoms with Crippen LogP contribution in [-0.2, 0) is 28.5 Å². The lowest BCUT2D eigenvalue weighted by molar-refractivity contribution is -0.303. The SMILES string of the molecule is CC1OC(CO[C@H]2/C=C/C=C/C=C/C=C/C=C/C=C/C=C/[C@H](C)C(O)[C@@H](C)[C@H](C)OC(=O)CC(O)CC(O)CC(=O)CC[C@@H](O)C(O)CC3(O)C[C@H](O)[C@@H](C)C(C2)O3)C(O)C(N)C1O. The molecule has 0 aromatic heterocycles. The Bertz CT molecular complexity index is 1630. The van der Waals surface area contributed by atoms with Crippen LogP contribution in [-0.4, -0.2) is 155 Å². The number of cyclic esters (lactones) is 1. The third-order valence-corrected chi connectivity index (χ3v) is 12.3. The second-order valence-electron chi connectivity index (χ2n) is 17.7. The minimum Gasteiger partial charge on any atom is -0.462 e. The number of rotatable bonds is 3. The molecule has 16 nitrogen and oxygen atoms in total. The van der Waals surface area contributed by atoms with Crippen molar-refractivity contribution in [3.63, 3.8) is 0 Å². The van der Waals surface area contributed by atoms with Crippen LogP contribution >= 0.6 is 0 Å². The molecule has 0 aromatic rings. The van der Waals surface area contributed by atoms with Crippen molar-refractivity contribution in [1.29, 1.82) is 0 Å². The van der Waals surface area contributed by atoms with E-state index in [1.807, 2.05) is 67.7 Å². The Kier molecular flexibility index (Phi) is 23.6. The van der Waals surface area contributed by atoms with Gasteiger partial charge in [-0.1, -0.05) is 106 Å². The van der Waals surface area contributed by atoms with Crippen molar-refractivity contribution in [3.8, 4) is 0 Å². The second kappa shape index (κ2) is 27.4. The molecule has 2 bridgehead atoms. The molecule has 16 heteroatoms. The molecule has 3 heterocycles. The molecular formula is C48H75NO15. The van der Waals surface area contributed by atoms with E-state index in [-0.39, 0.29) is 51.0 Å². The van der Waals surface area contributed by atoms with E-state index in [1.54, 1.807) is 52.0 Å². The van der Waals surface area contributed by atoms with Gasteiger partial charge in [-0.15, -0.1) is 0 Å². The van der Waals surface area contributed by atoms with E-state index in [0.717, 1.165) is 0 Å². The van der Waals surface area contributed by atoms with Crippen molar-refractivity contribution in [1.82, 2.24) is 0 Å². The number of nitrogens with two attached hydrogens (primary N) is 1. The maximum Gasteiger partial charge on any atom is 0.308 e. The Morgan fingerprint density at radius 1 is 0.656 bits per heavy atom. The number of allylic oxidation sites excluding steroid dienone is 12. The zero-order chi connectivity index (χ0) is 47.6. The van der Waals surface area contributed by atoms with Gasteiger partial charge in [0.05, 0.1) is 80.1 Å². The fourth-order valence-electron chi connectivity index (χ4n) is 7.88. The fraction of sp³-hybridized carbons (Fsp3) is 0.667. The number of Topliss-reactive ketones (excluding diaryl/α,β-unsaturated/α-hetero) is 1. The Morgan fingerprint density at radius 3 is 1.81 bits per heavy atom. The summed E-state index contributed by atoms with van der Waals surface area (Å²) < 4.78 is 23.6. The van der Waals surface area contributed by atoms with Gasteiger partial charge in [-0.2, -0.15) is 0 Å². The summed E-state index contributed by atoms with van der Waals surface area (Å²) in [5.74, 6) is -4.49. The number of ketones is 1. The van der Waals surface area contributed by atoms with Gasteiger partial charge in [0.2, 0.25) is 0 Å². The Balaban J connectivity index is 1.80. The highest BCUT2D eigenvalue weighted by Gasteiger charge is 2.47. The lowest BCUT2D eigenvalue weighted by atomic mass is 9.83. The van der Waals surface area contributed by atoms with E-state index in [2.05, 4.69) is 0 Å². The molecule has 11 unspecified atom stereocenters. The van der Waals surface area contributed by atoms with Gasteiger partial charge in [-0.25, -0.2) is 0 Å². The lowest BCUT2D eigenvalue weighted by Gasteiger charge is -2.45. The zero-order valence-corrected chi connectivity index (χ0v) is 37.8. The predicted molar refractivity (Wildman–Crippen MR) is 239 cm³/mol. The van der Waals surface area contributed by atoms with Gasteiger partial charge >= 0.3 is 5.97 Å². The largest absolute Gasteiger partial charge is 0.462 e. The Hall–Kier alpha value is -3.20. The highest BCUT2D eigenvalue weighted by molar-refractivity contribution is 5.78. The number of aliphatic hydroxyl groups excluding tert-OH is 8. The second-order valence-corrected chi connectivity index (χ2v) is 17.7. The molecule has 3 aliphatic heterocycles. The molecule has 18 atom stereocenters. The molecule has 0 aliphatic carbocycles. The van der Waals surface area contributed by atoms with Gasteiger partial charge in [0.15, 0.2) is 5.79 Å². The molecule has 0 spiro atoms. The lowest BCUT2D eigenvalue weighted by Crippen LogP contribution is -2.61. The van der Waals surface area contributed by atoms with Crippen LogP contribution in [0.4, 0.5) is 0 Å². The summed E-state index contributed by atoms with van der Waals surface area (Å²) in [5, 5.41) is 97.2. The molecular weight excluding hydrogens is 831 g/mol. The number of fused-ring (bicyclic) bond motifs is 2. The number of hydrogen-bond donors (Lipinski definition) is 10. The minimum absolute atomic E-state index is 0.109. The van der Waals surface area contributed by atoms with Gasteiger partial charge in [0, 0.05) is 56.3 Å². The highest BCUT2D eigenvalue weighted by Crippen LogP contribution is 2.37. The first-order valence-corrected chi connectivity index (χ1v) is 22.5. The van der Waals surface area contributed by atoms with E-state index in [4.69, 9.17) is 24.7 Å². The molecule has 0 aromatic carbocycles. The summed E-state index contributed by atoms with van der Waals surface area (Å²) in [6.07, 6.45) is 9.55. The third kappa shape index (κ3) is 18.6. The number of ether oxygens (including phenoxy) is 4. The van der Waals surface area contributed by atoms with Gasteiger partial charge in [-0.3, -0.25) is 9.59 Å². The first-order valence-electron chi connectivity index (χ1n) is 22.5. The summed E-state index contributed by atoms with van der Waals surface area (Å²) >= 11 is 0. The van der Waals surface area contributed by atoms with Crippen LogP contribution in [0.2, 0.25) is 0 Å². The van der Waals surface area contributed by atoms with Gasteiger partial charge in [0.1, 0.15) is 24.1 Å². The number of aliphatic hydroxyl groups is 9. The molecule has 3 aliphatic rings. The molecule has 2 fully saturated rings. The Morgan fingerprint density at radius 2 is 1.20 bits per heavy atom. The maximum atomic E-state index is 12.7. The molecule has 2 saturated heterocycles. The van der Waals surface area contributed by atoms with E-state index in [0.29, 0.717) is 0 Å². The molecule has 0 amide bonds. The van der Waals surface area contributed by atoms with Crippen LogP contribution in [0.5, 0.6) is 0 Å². The van der Waals surface area contributed by atoms with E-state index >= 15 is 0 Å². The van der Waals surface area contributed by atoms with E-state index in [9.17, 15) is 55.5 Å². The van der Waals surface area contributed by atoms with Crippen molar-refractivity contribution in [2.24, 2.45) is 23.5 Å². The fourth-order valence-corrected chi connectivity index (χ4v) is 7.88. The highest BCUT2D eigenvalue weighted by atomic mass is 16.6. The minimum atomic E-state index is -2.08. The van der Waals surface area contributed by atoms with E-state index in [1.165, 1.54) is 0 Å². The smallest absolute Gasteiger partial charge is 0.308 e. The number of carbonyl (C=O) groups excluding carboxylic acids is 2. The standard InChI is InChI=1S/C48H75NO15/c1-29-18-16-14-12-10-8-6-7-9-11-13-15-17-19-37(61-28-42-47(59)44(49)46(58)33(5)62-42)25-41-31(3)39(54)26-48(60,64-41)27-40(55)38(53)21-20-34(50)22-35(51)23-36(52)24-43(56)63-32(4)30(2)45(29)57/h6-19,29-33,35-42,44-47,51-55,57-60H,20-28,49H2,1-5H3/b7-6+,10-8+,11-9+,14-12+,15-13+,18-16+,19-17+/t29-,30-,31+,32-,33?,35?,36?,37-,38+,39-,40?,41?,42?,44?,45?,46?,47?,48?/m0/s1. The third-order valence-electron chi connectivity index (χ3n) is 12.3. The normalized spacial score (nSPS) is 45.0. The first-order chi connectivity index (χ1) is 30.2. The van der Waals surface area contributed by atoms with Gasteiger partial charge in [0.25, 0.3) is 0 Å². The van der Waals surface area contributed by atoms with Crippen LogP contribution in [0, 0.1) is 17.8 Å². The maximum absolute atomic E-state index is 12.7. The molecule has 3 rings (SSSR count). The topological polar surface area (TPSA) is 279 Å². The molecule has 362 valence electrons. The Labute approximate surface area is 377 Å². The quantitative estimate of drug-likeness (QED) is 0.181. The summed E-state index contributed by atoms with van der Waals surface area (Å²) in [7, 11) is 0. The summed E-state index contributed by atoms with van der Waals surface area (Å²) in [5.41, 5.74) is 6.04. The molecule has 0 saturated carbocycles. The predicted octanol–water partition coefficient (Wildman–Crippen LogP) is 1.90. The summed E-state index contributed by atoms with van der Waals surface area (Å²) in [4.78, 5) is 25.3. The van der Waals surface area contributed by atoms with Crippen molar-refractivity contribution in [2.45, 2.75) is 177 Å². The molecule has 0 radical (unpaired) electrons. The van der Waals surface area contributed by atoms with Crippen LogP contribution in [0.1, 0.15) is 86.0 Å². The summed E-state index contributed by atoms with van der Waals surface area (Å²) in [6.45, 7) is 8.52. The number of hydrogen-bond acceptors (Lipinski definition) is 16. The van der Waals surface area contributed by atoms with Crippen LogP contribution < -0.4 is 5.73 Å². The van der Waals surface area contributed by atoms with Crippen molar-refractivity contribution >= 4 is 11.8 Å². The number of carbonyl (C=O) groups is 2. The van der Waals surface area contributed by atoms with Gasteiger partial charge in [-0.05, 0) is 20.3 Å². The van der Waals surface area contributed by atoms with Crippen molar-refractivity contribution in [2.75, 3.05) is 6.61 Å². The number of esters is 1. The average molecular weight is 906 g/mol.